The molecule has 5 nitrogen and oxygen atoms in total. The van der Waals surface area contributed by atoms with E-state index in [1.807, 2.05) is 29.2 Å². The Hall–Kier alpha value is -1.43. The van der Waals surface area contributed by atoms with Gasteiger partial charge in [0.15, 0.2) is 0 Å². The monoisotopic (exact) mass is 318 g/mol. The van der Waals surface area contributed by atoms with Crippen molar-refractivity contribution < 1.29 is 14.3 Å². The Morgan fingerprint density at radius 1 is 1.39 bits per heavy atom. The van der Waals surface area contributed by atoms with E-state index in [2.05, 4.69) is 0 Å². The number of carbonyl (C=O) groups is 1. The average molecular weight is 318 g/mol. The lowest BCUT2D eigenvalue weighted by atomic mass is 9.85. The lowest BCUT2D eigenvalue weighted by molar-refractivity contribution is -0.136. The molecule has 0 unspecified atom stereocenters. The SMILES string of the molecule is CO[C@H]1CN(C(=O)c2ccc(CCN)cc2)CC[C@@]12CCCO2. The summed E-state index contributed by atoms with van der Waals surface area (Å²) in [5, 5.41) is 0. The molecule has 2 aliphatic rings. The second-order valence-corrected chi connectivity index (χ2v) is 6.48. The number of methoxy groups -OCH3 is 1. The third kappa shape index (κ3) is 3.27. The zero-order valence-electron chi connectivity index (χ0n) is 13.8. The third-order valence-corrected chi connectivity index (χ3v) is 5.12. The number of rotatable bonds is 4. The molecule has 0 aromatic heterocycles. The third-order valence-electron chi connectivity index (χ3n) is 5.12. The van der Waals surface area contributed by atoms with Crippen molar-refractivity contribution in [1.29, 1.82) is 0 Å². The minimum atomic E-state index is -0.184. The van der Waals surface area contributed by atoms with Gasteiger partial charge < -0.3 is 20.1 Å². The molecule has 2 N–H and O–H groups in total. The number of nitrogens with two attached hydrogens (primary N) is 1. The number of benzene rings is 1. The summed E-state index contributed by atoms with van der Waals surface area (Å²) >= 11 is 0. The quantitative estimate of drug-likeness (QED) is 0.916. The van der Waals surface area contributed by atoms with E-state index >= 15 is 0 Å². The maximum absolute atomic E-state index is 12.7. The van der Waals surface area contributed by atoms with Gasteiger partial charge in [-0.2, -0.15) is 0 Å². The molecule has 3 rings (SSSR count). The molecule has 0 saturated carbocycles. The fraction of sp³-hybridized carbons (Fsp3) is 0.611. The molecule has 2 fully saturated rings. The van der Waals surface area contributed by atoms with Crippen LogP contribution in [0.2, 0.25) is 0 Å². The highest BCUT2D eigenvalue weighted by molar-refractivity contribution is 5.94. The van der Waals surface area contributed by atoms with E-state index in [1.54, 1.807) is 7.11 Å². The number of carbonyl (C=O) groups excluding carboxylic acids is 1. The van der Waals surface area contributed by atoms with Crippen LogP contribution in [0.4, 0.5) is 0 Å². The number of ether oxygens (including phenoxy) is 2. The van der Waals surface area contributed by atoms with Gasteiger partial charge in [0.25, 0.3) is 5.91 Å². The lowest BCUT2D eigenvalue weighted by Crippen LogP contribution is -2.57. The van der Waals surface area contributed by atoms with Crippen molar-refractivity contribution in [3.8, 4) is 0 Å². The van der Waals surface area contributed by atoms with Gasteiger partial charge in [-0.15, -0.1) is 0 Å². The van der Waals surface area contributed by atoms with Gasteiger partial charge in [0.2, 0.25) is 0 Å². The number of amides is 1. The van der Waals surface area contributed by atoms with Gasteiger partial charge in [0.1, 0.15) is 6.10 Å². The Morgan fingerprint density at radius 2 is 2.17 bits per heavy atom. The van der Waals surface area contributed by atoms with Crippen molar-refractivity contribution in [2.75, 3.05) is 33.4 Å². The standard InChI is InChI=1S/C18H26N2O3/c1-22-16-13-20(11-9-18(16)8-2-12-23-18)17(21)15-5-3-14(4-6-15)7-10-19/h3-6,16H,2,7-13,19H2,1H3/t16-,18-/m0/s1. The number of piperidine rings is 1. The first-order chi connectivity index (χ1) is 11.2. The molecule has 2 saturated heterocycles. The molecule has 5 heteroatoms. The van der Waals surface area contributed by atoms with E-state index in [1.165, 1.54) is 0 Å². The van der Waals surface area contributed by atoms with Crippen LogP contribution in [0.1, 0.15) is 35.2 Å². The Bertz CT molecular complexity index is 538. The van der Waals surface area contributed by atoms with Crippen LogP contribution < -0.4 is 5.73 Å². The molecule has 2 heterocycles. The summed E-state index contributed by atoms with van der Waals surface area (Å²) in [6.45, 7) is 2.75. The smallest absolute Gasteiger partial charge is 0.253 e. The van der Waals surface area contributed by atoms with E-state index in [-0.39, 0.29) is 17.6 Å². The molecule has 1 amide bonds. The van der Waals surface area contributed by atoms with Gasteiger partial charge in [-0.05, 0) is 49.9 Å². The number of nitrogens with zero attached hydrogens (tertiary/aromatic N) is 1. The fourth-order valence-electron chi connectivity index (χ4n) is 3.75. The molecule has 126 valence electrons. The van der Waals surface area contributed by atoms with Gasteiger partial charge in [0, 0.05) is 32.4 Å². The molecular formula is C18H26N2O3. The van der Waals surface area contributed by atoms with E-state index in [0.717, 1.165) is 50.0 Å². The number of hydrogen-bond acceptors (Lipinski definition) is 4. The molecule has 0 radical (unpaired) electrons. The van der Waals surface area contributed by atoms with Crippen LogP contribution in [0, 0.1) is 0 Å². The van der Waals surface area contributed by atoms with Crippen LogP contribution in [0.3, 0.4) is 0 Å². The van der Waals surface area contributed by atoms with Crippen molar-refractivity contribution in [3.63, 3.8) is 0 Å². The minimum Gasteiger partial charge on any atom is -0.377 e. The van der Waals surface area contributed by atoms with Crippen molar-refractivity contribution in [3.05, 3.63) is 35.4 Å². The zero-order chi connectivity index (χ0) is 16.3. The summed E-state index contributed by atoms with van der Waals surface area (Å²) in [5.41, 5.74) is 7.27. The Kier molecular flexibility index (Phi) is 4.99. The van der Waals surface area contributed by atoms with Gasteiger partial charge >= 0.3 is 0 Å². The molecule has 1 aromatic carbocycles. The summed E-state index contributed by atoms with van der Waals surface area (Å²) in [4.78, 5) is 14.6. The highest BCUT2D eigenvalue weighted by Gasteiger charge is 2.47. The first-order valence-corrected chi connectivity index (χ1v) is 8.43. The Morgan fingerprint density at radius 3 is 2.78 bits per heavy atom. The minimum absolute atomic E-state index is 0.0424. The van der Waals surface area contributed by atoms with Crippen LogP contribution in [0.15, 0.2) is 24.3 Å². The van der Waals surface area contributed by atoms with Gasteiger partial charge in [0.05, 0.1) is 5.60 Å². The van der Waals surface area contributed by atoms with Gasteiger partial charge in [-0.25, -0.2) is 0 Å². The highest BCUT2D eigenvalue weighted by atomic mass is 16.5. The molecule has 1 aromatic rings. The predicted octanol–water partition coefficient (Wildman–Crippen LogP) is 1.60. The number of likely N-dealkylation sites (tertiary alicyclic amines) is 1. The maximum atomic E-state index is 12.7. The van der Waals surface area contributed by atoms with E-state index in [0.29, 0.717) is 13.1 Å². The Balaban J connectivity index is 1.68. The maximum Gasteiger partial charge on any atom is 0.253 e. The second-order valence-electron chi connectivity index (χ2n) is 6.48. The summed E-state index contributed by atoms with van der Waals surface area (Å²) < 4.78 is 11.6. The summed E-state index contributed by atoms with van der Waals surface area (Å²) in [6, 6.07) is 7.76. The van der Waals surface area contributed by atoms with Crippen molar-refractivity contribution >= 4 is 5.91 Å². The largest absolute Gasteiger partial charge is 0.377 e. The normalized spacial score (nSPS) is 27.6. The number of hydrogen-bond donors (Lipinski definition) is 1. The summed E-state index contributed by atoms with van der Waals surface area (Å²) in [7, 11) is 1.71. The van der Waals surface area contributed by atoms with Crippen molar-refractivity contribution in [2.45, 2.75) is 37.4 Å². The van der Waals surface area contributed by atoms with Crippen LogP contribution >= 0.6 is 0 Å². The molecule has 2 aliphatic heterocycles. The van der Waals surface area contributed by atoms with E-state index < -0.39 is 0 Å². The Labute approximate surface area is 137 Å². The van der Waals surface area contributed by atoms with Crippen molar-refractivity contribution in [2.24, 2.45) is 5.73 Å². The first kappa shape index (κ1) is 16.4. The van der Waals surface area contributed by atoms with Crippen LogP contribution in [0.25, 0.3) is 0 Å². The first-order valence-electron chi connectivity index (χ1n) is 8.43. The van der Waals surface area contributed by atoms with Crippen molar-refractivity contribution in [1.82, 2.24) is 4.90 Å². The molecule has 23 heavy (non-hydrogen) atoms. The fourth-order valence-corrected chi connectivity index (χ4v) is 3.75. The van der Waals surface area contributed by atoms with Crippen LogP contribution in [-0.2, 0) is 15.9 Å². The molecule has 0 aliphatic carbocycles. The molecule has 0 bridgehead atoms. The topological polar surface area (TPSA) is 64.8 Å². The van der Waals surface area contributed by atoms with Crippen LogP contribution in [-0.4, -0.2) is 55.9 Å². The van der Waals surface area contributed by atoms with E-state index in [9.17, 15) is 4.79 Å². The predicted molar refractivity (Wildman–Crippen MR) is 88.4 cm³/mol. The zero-order valence-corrected chi connectivity index (χ0v) is 13.8. The average Bonchev–Trinajstić information content (AvgIpc) is 3.05. The summed E-state index contributed by atoms with van der Waals surface area (Å²) in [6.07, 6.45) is 3.75. The molecule has 2 atom stereocenters. The molecular weight excluding hydrogens is 292 g/mol. The van der Waals surface area contributed by atoms with Crippen LogP contribution in [0.5, 0.6) is 0 Å². The highest BCUT2D eigenvalue weighted by Crippen LogP contribution is 2.37. The van der Waals surface area contributed by atoms with E-state index in [4.69, 9.17) is 15.2 Å². The van der Waals surface area contributed by atoms with Gasteiger partial charge in [-0.1, -0.05) is 12.1 Å². The lowest BCUT2D eigenvalue weighted by Gasteiger charge is -2.44. The molecule has 1 spiro atoms. The summed E-state index contributed by atoms with van der Waals surface area (Å²) in [5.74, 6) is 0.0687. The van der Waals surface area contributed by atoms with Gasteiger partial charge in [-0.3, -0.25) is 4.79 Å². The second kappa shape index (κ2) is 6.99.